The topological polar surface area (TPSA) is 83.3 Å². The van der Waals surface area contributed by atoms with Gasteiger partial charge in [-0.1, -0.05) is 18.2 Å². The molecule has 0 N–H and O–H groups in total. The maximum atomic E-state index is 15.2. The van der Waals surface area contributed by atoms with E-state index >= 15 is 4.39 Å². The van der Waals surface area contributed by atoms with Gasteiger partial charge in [0.1, 0.15) is 17.1 Å². The minimum atomic E-state index is -0.674. The number of fused-ring (bicyclic) bond motifs is 1. The second-order valence-electron chi connectivity index (χ2n) is 9.54. The first-order chi connectivity index (χ1) is 19.7. The highest BCUT2D eigenvalue weighted by Crippen LogP contribution is 2.32. The normalized spacial score (nSPS) is 11.1. The van der Waals surface area contributed by atoms with Crippen LogP contribution in [0.5, 0.6) is 17.2 Å². The Morgan fingerprint density at radius 3 is 2.41 bits per heavy atom. The first-order valence-electron chi connectivity index (χ1n) is 13.0. The Bertz CT molecular complexity index is 1850. The summed E-state index contributed by atoms with van der Waals surface area (Å²) in [4.78, 5) is 35.5. The van der Waals surface area contributed by atoms with E-state index in [1.165, 1.54) is 48.8 Å². The lowest BCUT2D eigenvalue weighted by molar-refractivity contribution is 0.0991. The van der Waals surface area contributed by atoms with E-state index in [0.29, 0.717) is 57.2 Å². The fourth-order valence-electron chi connectivity index (χ4n) is 4.78. The van der Waals surface area contributed by atoms with Crippen molar-refractivity contribution in [2.75, 3.05) is 7.11 Å². The Balaban J connectivity index is 1.43. The van der Waals surface area contributed by atoms with Crippen LogP contribution in [-0.4, -0.2) is 27.4 Å². The smallest absolute Gasteiger partial charge is 0.200 e. The van der Waals surface area contributed by atoms with Gasteiger partial charge in [-0.15, -0.1) is 0 Å². The van der Waals surface area contributed by atoms with E-state index in [1.807, 2.05) is 6.92 Å². The van der Waals surface area contributed by atoms with Crippen LogP contribution in [0.4, 0.5) is 8.78 Å². The summed E-state index contributed by atoms with van der Waals surface area (Å²) in [7, 11) is 1.54. The predicted octanol–water partition coefficient (Wildman–Crippen LogP) is 6.60. The third-order valence-electron chi connectivity index (χ3n) is 6.94. The molecule has 9 heteroatoms. The van der Waals surface area contributed by atoms with E-state index < -0.39 is 22.8 Å². The Labute approximate surface area is 235 Å². The third-order valence-corrected chi connectivity index (χ3v) is 6.94. The molecule has 0 aliphatic heterocycles. The lowest BCUT2D eigenvalue weighted by Gasteiger charge is -2.15. The summed E-state index contributed by atoms with van der Waals surface area (Å²) >= 11 is 0. The van der Waals surface area contributed by atoms with Gasteiger partial charge in [0.25, 0.3) is 0 Å². The molecule has 2 aromatic carbocycles. The number of ketones is 1. The number of hydrogen-bond acceptors (Lipinski definition) is 6. The highest BCUT2D eigenvalue weighted by atomic mass is 19.1. The van der Waals surface area contributed by atoms with Gasteiger partial charge in [0.15, 0.2) is 28.5 Å². The fraction of sp³-hybridized carbons (Fsp3) is 0.188. The number of Topliss-reactive ketones (excluding diaryl/α,β-unsaturated/α-hetero) is 1. The maximum absolute atomic E-state index is 15.2. The van der Waals surface area contributed by atoms with Crippen molar-refractivity contribution in [2.45, 2.75) is 33.7 Å². The zero-order chi connectivity index (χ0) is 29.3. The number of carbonyl (C=O) groups is 1. The van der Waals surface area contributed by atoms with Gasteiger partial charge in [-0.3, -0.25) is 14.6 Å². The molecule has 0 unspecified atom stereocenters. The number of benzene rings is 2. The predicted molar refractivity (Wildman–Crippen MR) is 152 cm³/mol. The van der Waals surface area contributed by atoms with Crippen LogP contribution >= 0.6 is 0 Å². The highest BCUT2D eigenvalue weighted by Gasteiger charge is 2.20. The molecule has 5 rings (SSSR count). The van der Waals surface area contributed by atoms with Crippen molar-refractivity contribution in [3.63, 3.8) is 0 Å². The SMILES string of the molecule is CCn1cc(C(=O)Cc2ccc(Oc3ccnc4cc(OC)c(C)nc34)c(F)c2)c(=O)c(-c2ccc(F)cc2)c1C. The number of pyridine rings is 3. The number of methoxy groups -OCH3 is 1. The van der Waals surface area contributed by atoms with Gasteiger partial charge < -0.3 is 14.0 Å². The van der Waals surface area contributed by atoms with Gasteiger partial charge in [0, 0.05) is 48.7 Å². The molecule has 0 saturated heterocycles. The number of rotatable bonds is 8. The van der Waals surface area contributed by atoms with Gasteiger partial charge in [0.2, 0.25) is 0 Å². The van der Waals surface area contributed by atoms with Gasteiger partial charge in [-0.2, -0.15) is 0 Å². The first-order valence-corrected chi connectivity index (χ1v) is 13.0. The zero-order valence-electron chi connectivity index (χ0n) is 23.0. The molecule has 0 saturated carbocycles. The quantitative estimate of drug-likeness (QED) is 0.201. The monoisotopic (exact) mass is 555 g/mol. The van der Waals surface area contributed by atoms with E-state index in [0.717, 1.165) is 0 Å². The van der Waals surface area contributed by atoms with E-state index in [-0.39, 0.29) is 17.7 Å². The van der Waals surface area contributed by atoms with Crippen molar-refractivity contribution in [3.8, 4) is 28.4 Å². The zero-order valence-corrected chi connectivity index (χ0v) is 23.0. The molecule has 0 fully saturated rings. The summed E-state index contributed by atoms with van der Waals surface area (Å²) in [6, 6.07) is 13.1. The van der Waals surface area contributed by atoms with E-state index in [9.17, 15) is 14.0 Å². The van der Waals surface area contributed by atoms with Crippen molar-refractivity contribution in [1.29, 1.82) is 0 Å². The van der Waals surface area contributed by atoms with Crippen molar-refractivity contribution in [1.82, 2.24) is 14.5 Å². The van der Waals surface area contributed by atoms with Crippen LogP contribution in [0.15, 0.2) is 71.8 Å². The summed E-state index contributed by atoms with van der Waals surface area (Å²) < 4.78 is 41.6. The standard InChI is InChI=1S/C32H27F2N3O4/c1-5-37-17-23(32(39)30(19(37)3)21-7-9-22(33)10-8-21)26(38)15-20-6-11-27(24(34)14-20)41-28-12-13-35-25-16-29(40-4)18(2)36-31(25)28/h6-14,16-17H,5,15H2,1-4H3. The fourth-order valence-corrected chi connectivity index (χ4v) is 4.78. The summed E-state index contributed by atoms with van der Waals surface area (Å²) in [5.41, 5.74) is 3.04. The van der Waals surface area contributed by atoms with Gasteiger partial charge in [-0.05, 0) is 56.2 Å². The molecule has 0 aliphatic rings. The molecule has 41 heavy (non-hydrogen) atoms. The largest absolute Gasteiger partial charge is 0.495 e. The average molecular weight is 556 g/mol. The number of hydrogen-bond donors (Lipinski definition) is 0. The number of carbonyl (C=O) groups excluding carboxylic acids is 1. The van der Waals surface area contributed by atoms with Crippen LogP contribution in [0.3, 0.4) is 0 Å². The molecule has 5 aromatic rings. The number of aromatic nitrogens is 3. The number of halogens is 2. The Morgan fingerprint density at radius 1 is 0.976 bits per heavy atom. The number of nitrogens with zero attached hydrogens (tertiary/aromatic N) is 3. The summed E-state index contributed by atoms with van der Waals surface area (Å²) in [6.45, 7) is 5.98. The first kappa shape index (κ1) is 27.6. The lowest BCUT2D eigenvalue weighted by Crippen LogP contribution is -2.23. The molecular weight excluding hydrogens is 528 g/mol. The molecular formula is C32H27F2N3O4. The lowest BCUT2D eigenvalue weighted by atomic mass is 9.97. The van der Waals surface area contributed by atoms with Crippen molar-refractivity contribution in [2.24, 2.45) is 0 Å². The molecule has 3 heterocycles. The minimum absolute atomic E-state index is 0.0161. The van der Waals surface area contributed by atoms with Crippen LogP contribution < -0.4 is 14.9 Å². The molecule has 0 atom stereocenters. The molecule has 0 amide bonds. The van der Waals surface area contributed by atoms with E-state index in [1.54, 1.807) is 43.7 Å². The van der Waals surface area contributed by atoms with Crippen LogP contribution in [0, 0.1) is 25.5 Å². The Hall–Kier alpha value is -4.92. The van der Waals surface area contributed by atoms with E-state index in [4.69, 9.17) is 9.47 Å². The average Bonchev–Trinajstić information content (AvgIpc) is 2.95. The second-order valence-corrected chi connectivity index (χ2v) is 9.54. The molecule has 7 nitrogen and oxygen atoms in total. The second kappa shape index (κ2) is 11.3. The molecule has 208 valence electrons. The summed E-state index contributed by atoms with van der Waals surface area (Å²) in [5.74, 6) is -0.711. The van der Waals surface area contributed by atoms with Gasteiger partial charge in [0.05, 0.1) is 23.9 Å². The minimum Gasteiger partial charge on any atom is -0.495 e. The van der Waals surface area contributed by atoms with Crippen molar-refractivity contribution < 1.29 is 23.0 Å². The molecule has 0 spiro atoms. The maximum Gasteiger partial charge on any atom is 0.200 e. The van der Waals surface area contributed by atoms with E-state index in [2.05, 4.69) is 9.97 Å². The summed E-state index contributed by atoms with van der Waals surface area (Å²) in [5, 5.41) is 0. The van der Waals surface area contributed by atoms with Crippen molar-refractivity contribution in [3.05, 3.63) is 111 Å². The summed E-state index contributed by atoms with van der Waals surface area (Å²) in [6.07, 6.45) is 2.87. The number of aryl methyl sites for hydroxylation is 2. The third kappa shape index (κ3) is 5.43. The Morgan fingerprint density at radius 2 is 1.73 bits per heavy atom. The van der Waals surface area contributed by atoms with Gasteiger partial charge in [-0.25, -0.2) is 13.8 Å². The Kier molecular flexibility index (Phi) is 7.61. The van der Waals surface area contributed by atoms with Crippen LogP contribution in [0.25, 0.3) is 22.2 Å². The molecule has 3 aromatic heterocycles. The molecule has 0 radical (unpaired) electrons. The van der Waals surface area contributed by atoms with Crippen LogP contribution in [0.2, 0.25) is 0 Å². The highest BCUT2D eigenvalue weighted by molar-refractivity contribution is 5.98. The van der Waals surface area contributed by atoms with Crippen LogP contribution in [0.1, 0.15) is 34.2 Å². The van der Waals surface area contributed by atoms with Crippen molar-refractivity contribution >= 4 is 16.8 Å². The molecule has 0 aliphatic carbocycles. The van der Waals surface area contributed by atoms with Gasteiger partial charge >= 0.3 is 0 Å². The molecule has 0 bridgehead atoms. The number of ether oxygens (including phenoxy) is 2. The van der Waals surface area contributed by atoms with Crippen LogP contribution in [-0.2, 0) is 13.0 Å².